The standard InChI is InChI=1S/C10H13N3O3/c14-8-2-5-1-7(8)13(4-5)10(16)6-3-9(15)12-11-6/h5,7-8,14H,1-4H2,(H,12,15)/t5-,7+,8+/m0/s1. The van der Waals surface area contributed by atoms with Crippen LogP contribution in [0.15, 0.2) is 5.10 Å². The Morgan fingerprint density at radius 1 is 1.50 bits per heavy atom. The maximum atomic E-state index is 12.0. The van der Waals surface area contributed by atoms with Gasteiger partial charge < -0.3 is 10.0 Å². The Morgan fingerprint density at radius 2 is 2.31 bits per heavy atom. The van der Waals surface area contributed by atoms with Crippen LogP contribution in [0.1, 0.15) is 19.3 Å². The minimum Gasteiger partial charge on any atom is -0.391 e. The lowest BCUT2D eigenvalue weighted by Crippen LogP contribution is -2.47. The van der Waals surface area contributed by atoms with Crippen molar-refractivity contribution < 1.29 is 14.7 Å². The molecule has 2 bridgehead atoms. The lowest BCUT2D eigenvalue weighted by atomic mass is 10.1. The van der Waals surface area contributed by atoms with E-state index in [-0.39, 0.29) is 30.0 Å². The number of hydrogen-bond donors (Lipinski definition) is 2. The molecule has 0 radical (unpaired) electrons. The molecule has 6 nitrogen and oxygen atoms in total. The quantitative estimate of drug-likeness (QED) is 0.588. The molecule has 0 aromatic carbocycles. The molecule has 1 aliphatic carbocycles. The largest absolute Gasteiger partial charge is 0.391 e. The van der Waals surface area contributed by atoms with Crippen LogP contribution in [-0.2, 0) is 9.59 Å². The summed E-state index contributed by atoms with van der Waals surface area (Å²) in [6.45, 7) is 0.688. The maximum absolute atomic E-state index is 12.0. The Morgan fingerprint density at radius 3 is 2.88 bits per heavy atom. The minimum absolute atomic E-state index is 0.0583. The SMILES string of the molecule is O=C1CC(C(=O)N2C[C@@H]3C[C@@H](O)[C@H]2C3)=NN1. The van der Waals surface area contributed by atoms with Gasteiger partial charge in [-0.15, -0.1) is 0 Å². The molecule has 2 heterocycles. The molecule has 3 aliphatic rings. The second kappa shape index (κ2) is 3.28. The van der Waals surface area contributed by atoms with Crippen LogP contribution in [0.3, 0.4) is 0 Å². The number of carbonyl (C=O) groups excluding carboxylic acids is 2. The second-order valence-electron chi connectivity index (χ2n) is 4.70. The van der Waals surface area contributed by atoms with Crippen molar-refractivity contribution in [1.82, 2.24) is 10.3 Å². The van der Waals surface area contributed by atoms with Crippen LogP contribution in [0.2, 0.25) is 0 Å². The smallest absolute Gasteiger partial charge is 0.270 e. The highest BCUT2D eigenvalue weighted by atomic mass is 16.3. The van der Waals surface area contributed by atoms with Gasteiger partial charge in [0.2, 0.25) is 5.91 Å². The van der Waals surface area contributed by atoms with Gasteiger partial charge in [0.25, 0.3) is 5.91 Å². The van der Waals surface area contributed by atoms with Crippen molar-refractivity contribution in [2.75, 3.05) is 6.54 Å². The number of rotatable bonds is 1. The number of likely N-dealkylation sites (tertiary alicyclic amines) is 1. The van der Waals surface area contributed by atoms with Gasteiger partial charge in [0.05, 0.1) is 18.6 Å². The van der Waals surface area contributed by atoms with E-state index in [0.29, 0.717) is 12.5 Å². The summed E-state index contributed by atoms with van der Waals surface area (Å²) in [4.78, 5) is 24.6. The van der Waals surface area contributed by atoms with Gasteiger partial charge >= 0.3 is 0 Å². The molecule has 0 aromatic heterocycles. The van der Waals surface area contributed by atoms with Crippen molar-refractivity contribution in [2.24, 2.45) is 11.0 Å². The summed E-state index contributed by atoms with van der Waals surface area (Å²) >= 11 is 0. The predicted octanol–water partition coefficient (Wildman–Crippen LogP) is -1.16. The first-order valence-corrected chi connectivity index (χ1v) is 5.49. The zero-order chi connectivity index (χ0) is 11.3. The molecule has 86 valence electrons. The molecule has 6 heteroatoms. The molecule has 0 unspecified atom stereocenters. The molecule has 2 aliphatic heterocycles. The number of nitrogens with one attached hydrogen (secondary N) is 1. The fourth-order valence-electron chi connectivity index (χ4n) is 2.87. The molecule has 0 spiro atoms. The van der Waals surface area contributed by atoms with E-state index in [1.165, 1.54) is 0 Å². The highest BCUT2D eigenvalue weighted by molar-refractivity contribution is 6.43. The van der Waals surface area contributed by atoms with Crippen LogP contribution < -0.4 is 5.43 Å². The molecule has 16 heavy (non-hydrogen) atoms. The average Bonchev–Trinajstić information content (AvgIpc) is 2.90. The van der Waals surface area contributed by atoms with E-state index in [2.05, 4.69) is 10.5 Å². The third kappa shape index (κ3) is 1.33. The zero-order valence-electron chi connectivity index (χ0n) is 8.72. The van der Waals surface area contributed by atoms with Gasteiger partial charge in [0, 0.05) is 6.54 Å². The monoisotopic (exact) mass is 223 g/mol. The lowest BCUT2D eigenvalue weighted by molar-refractivity contribution is -0.128. The maximum Gasteiger partial charge on any atom is 0.270 e. The van der Waals surface area contributed by atoms with Gasteiger partial charge in [-0.3, -0.25) is 9.59 Å². The third-order valence-corrected chi connectivity index (χ3v) is 3.60. The van der Waals surface area contributed by atoms with Crippen molar-refractivity contribution in [3.63, 3.8) is 0 Å². The number of carbonyl (C=O) groups is 2. The lowest BCUT2D eigenvalue weighted by Gasteiger charge is -2.30. The third-order valence-electron chi connectivity index (χ3n) is 3.60. The van der Waals surface area contributed by atoms with Crippen LogP contribution in [0, 0.1) is 5.92 Å². The summed E-state index contributed by atoms with van der Waals surface area (Å²) in [6, 6.07) is -0.0732. The normalized spacial score (nSPS) is 36.6. The van der Waals surface area contributed by atoms with Gasteiger partial charge in [0.1, 0.15) is 5.71 Å². The summed E-state index contributed by atoms with van der Waals surface area (Å²) in [5, 5.41) is 13.4. The van der Waals surface area contributed by atoms with Gasteiger partial charge in [-0.2, -0.15) is 5.10 Å². The summed E-state index contributed by atoms with van der Waals surface area (Å²) in [5.74, 6) is -0.0348. The summed E-state index contributed by atoms with van der Waals surface area (Å²) in [5.41, 5.74) is 2.54. The van der Waals surface area contributed by atoms with E-state index in [0.717, 1.165) is 12.8 Å². The molecular formula is C10H13N3O3. The molecule has 1 saturated carbocycles. The molecule has 1 saturated heterocycles. The van der Waals surface area contributed by atoms with Crippen molar-refractivity contribution in [2.45, 2.75) is 31.4 Å². The topological polar surface area (TPSA) is 82.0 Å². The number of hydrogen-bond acceptors (Lipinski definition) is 4. The molecular weight excluding hydrogens is 210 g/mol. The molecule has 3 rings (SSSR count). The molecule has 2 N–H and O–H groups in total. The van der Waals surface area contributed by atoms with Crippen molar-refractivity contribution in [3.05, 3.63) is 0 Å². The van der Waals surface area contributed by atoms with Gasteiger partial charge in [-0.05, 0) is 18.8 Å². The van der Waals surface area contributed by atoms with E-state index >= 15 is 0 Å². The van der Waals surface area contributed by atoms with E-state index < -0.39 is 6.10 Å². The first-order chi connectivity index (χ1) is 7.65. The Hall–Kier alpha value is -1.43. The molecule has 2 amide bonds. The first kappa shape index (κ1) is 9.77. The van der Waals surface area contributed by atoms with Crippen molar-refractivity contribution >= 4 is 17.5 Å². The van der Waals surface area contributed by atoms with Crippen molar-refractivity contribution in [1.29, 1.82) is 0 Å². The van der Waals surface area contributed by atoms with Crippen molar-refractivity contribution in [3.8, 4) is 0 Å². The fourth-order valence-corrected chi connectivity index (χ4v) is 2.87. The van der Waals surface area contributed by atoms with E-state index in [1.54, 1.807) is 4.90 Å². The van der Waals surface area contributed by atoms with Crippen LogP contribution in [-0.4, -0.2) is 46.2 Å². The Labute approximate surface area is 92.3 Å². The number of hydrazone groups is 1. The summed E-state index contributed by atoms with van der Waals surface area (Å²) < 4.78 is 0. The first-order valence-electron chi connectivity index (χ1n) is 5.49. The number of aliphatic hydroxyl groups is 1. The highest BCUT2D eigenvalue weighted by Gasteiger charge is 2.47. The highest BCUT2D eigenvalue weighted by Crippen LogP contribution is 2.37. The number of amides is 2. The van der Waals surface area contributed by atoms with E-state index in [4.69, 9.17) is 0 Å². The number of aliphatic hydroxyl groups excluding tert-OH is 1. The van der Waals surface area contributed by atoms with Gasteiger partial charge in [-0.1, -0.05) is 0 Å². The number of nitrogens with zero attached hydrogens (tertiary/aromatic N) is 2. The van der Waals surface area contributed by atoms with Gasteiger partial charge in [-0.25, -0.2) is 5.43 Å². The second-order valence-corrected chi connectivity index (χ2v) is 4.70. The molecule has 2 fully saturated rings. The van der Waals surface area contributed by atoms with Gasteiger partial charge in [0.15, 0.2) is 0 Å². The van der Waals surface area contributed by atoms with Crippen LogP contribution in [0.25, 0.3) is 0 Å². The van der Waals surface area contributed by atoms with E-state index in [1.807, 2.05) is 0 Å². The Kier molecular flexibility index (Phi) is 2.00. The number of piperidine rings is 1. The average molecular weight is 223 g/mol. The van der Waals surface area contributed by atoms with Crippen LogP contribution >= 0.6 is 0 Å². The van der Waals surface area contributed by atoms with E-state index in [9.17, 15) is 14.7 Å². The molecule has 0 aromatic rings. The summed E-state index contributed by atoms with van der Waals surface area (Å²) in [7, 11) is 0. The minimum atomic E-state index is -0.409. The zero-order valence-corrected chi connectivity index (χ0v) is 8.72. The molecule has 3 atom stereocenters. The number of fused-ring (bicyclic) bond motifs is 2. The Balaban J connectivity index is 1.75. The predicted molar refractivity (Wildman–Crippen MR) is 54.4 cm³/mol. The van der Waals surface area contributed by atoms with Crippen LogP contribution in [0.4, 0.5) is 0 Å². The fraction of sp³-hybridized carbons (Fsp3) is 0.700. The summed E-state index contributed by atoms with van der Waals surface area (Å²) in [6.07, 6.45) is 1.32. The Bertz CT molecular complexity index is 393. The van der Waals surface area contributed by atoms with Crippen LogP contribution in [0.5, 0.6) is 0 Å².